The number of nitro benzene ring substituents is 1. The van der Waals surface area contributed by atoms with E-state index in [2.05, 4.69) is 43.2 Å². The minimum absolute atomic E-state index is 0.00760. The van der Waals surface area contributed by atoms with Crippen LogP contribution in [0.1, 0.15) is 42.3 Å². The van der Waals surface area contributed by atoms with E-state index in [0.717, 1.165) is 11.3 Å². The fourth-order valence-corrected chi connectivity index (χ4v) is 3.49. The third kappa shape index (κ3) is 4.26. The first-order chi connectivity index (χ1) is 13.1. The van der Waals surface area contributed by atoms with Gasteiger partial charge in [0.15, 0.2) is 5.13 Å². The zero-order valence-corrected chi connectivity index (χ0v) is 17.0. The van der Waals surface area contributed by atoms with Crippen LogP contribution in [0, 0.1) is 17.0 Å². The molecule has 0 unspecified atom stereocenters. The molecule has 0 bridgehead atoms. The fourth-order valence-electron chi connectivity index (χ4n) is 2.78. The Balaban J connectivity index is 1.75. The standard InChI is InChI=1S/C21H21N3O3S/c1-13-11-15(7-10-18(13)24(26)27)19(25)23-20-22-17(12-28-20)14-5-8-16(9-6-14)21(2,3)4/h5-12H,1-4H3,(H,22,23,25). The van der Waals surface area contributed by atoms with Crippen LogP contribution in [0.15, 0.2) is 47.8 Å². The highest BCUT2D eigenvalue weighted by molar-refractivity contribution is 7.14. The lowest BCUT2D eigenvalue weighted by molar-refractivity contribution is -0.385. The number of hydrogen-bond donors (Lipinski definition) is 1. The highest BCUT2D eigenvalue weighted by Crippen LogP contribution is 2.28. The smallest absolute Gasteiger partial charge is 0.272 e. The van der Waals surface area contributed by atoms with Gasteiger partial charge in [-0.1, -0.05) is 45.0 Å². The van der Waals surface area contributed by atoms with Crippen molar-refractivity contribution in [3.8, 4) is 11.3 Å². The van der Waals surface area contributed by atoms with Gasteiger partial charge < -0.3 is 0 Å². The van der Waals surface area contributed by atoms with Crippen molar-refractivity contribution in [1.82, 2.24) is 4.98 Å². The molecule has 0 fully saturated rings. The van der Waals surface area contributed by atoms with Gasteiger partial charge in [0.05, 0.1) is 10.6 Å². The summed E-state index contributed by atoms with van der Waals surface area (Å²) in [4.78, 5) is 27.4. The lowest BCUT2D eigenvalue weighted by Crippen LogP contribution is -2.12. The number of anilines is 1. The Morgan fingerprint density at radius 1 is 1.14 bits per heavy atom. The Kier molecular flexibility index (Phi) is 5.29. The molecule has 1 aromatic heterocycles. The molecular formula is C21H21N3O3S. The fraction of sp³-hybridized carbons (Fsp3) is 0.238. The molecule has 144 valence electrons. The first-order valence-electron chi connectivity index (χ1n) is 8.78. The van der Waals surface area contributed by atoms with Crippen LogP contribution in [0.25, 0.3) is 11.3 Å². The van der Waals surface area contributed by atoms with Crippen LogP contribution in [0.4, 0.5) is 10.8 Å². The van der Waals surface area contributed by atoms with Gasteiger partial charge in [-0.3, -0.25) is 20.2 Å². The number of aryl methyl sites for hydroxylation is 1. The third-order valence-corrected chi connectivity index (χ3v) is 5.18. The molecule has 1 N–H and O–H groups in total. The lowest BCUT2D eigenvalue weighted by atomic mass is 9.86. The molecule has 0 saturated heterocycles. The topological polar surface area (TPSA) is 85.1 Å². The summed E-state index contributed by atoms with van der Waals surface area (Å²) < 4.78 is 0. The van der Waals surface area contributed by atoms with Crippen molar-refractivity contribution in [3.05, 3.63) is 74.6 Å². The summed E-state index contributed by atoms with van der Waals surface area (Å²) >= 11 is 1.34. The van der Waals surface area contributed by atoms with Crippen molar-refractivity contribution in [2.45, 2.75) is 33.1 Å². The highest BCUT2D eigenvalue weighted by atomic mass is 32.1. The second kappa shape index (κ2) is 7.52. The van der Waals surface area contributed by atoms with Crippen LogP contribution in [-0.2, 0) is 5.41 Å². The maximum absolute atomic E-state index is 12.4. The number of carbonyl (C=O) groups excluding carboxylic acids is 1. The van der Waals surface area contributed by atoms with Gasteiger partial charge in [0.25, 0.3) is 11.6 Å². The van der Waals surface area contributed by atoms with E-state index in [0.29, 0.717) is 16.3 Å². The van der Waals surface area contributed by atoms with E-state index in [9.17, 15) is 14.9 Å². The number of hydrogen-bond acceptors (Lipinski definition) is 5. The third-order valence-electron chi connectivity index (χ3n) is 4.43. The number of carbonyl (C=O) groups is 1. The Hall–Kier alpha value is -3.06. The summed E-state index contributed by atoms with van der Waals surface area (Å²) in [5.74, 6) is -0.345. The van der Waals surface area contributed by atoms with Gasteiger partial charge in [-0.2, -0.15) is 0 Å². The molecule has 6 nitrogen and oxygen atoms in total. The van der Waals surface area contributed by atoms with Crippen LogP contribution in [0.3, 0.4) is 0 Å². The van der Waals surface area contributed by atoms with E-state index >= 15 is 0 Å². The average Bonchev–Trinajstić information content (AvgIpc) is 3.09. The van der Waals surface area contributed by atoms with Gasteiger partial charge in [-0.25, -0.2) is 4.98 Å². The molecule has 7 heteroatoms. The Labute approximate surface area is 167 Å². The van der Waals surface area contributed by atoms with Crippen molar-refractivity contribution < 1.29 is 9.72 Å². The molecule has 2 aromatic carbocycles. The van der Waals surface area contributed by atoms with E-state index < -0.39 is 4.92 Å². The number of nitrogens with one attached hydrogen (secondary N) is 1. The zero-order valence-electron chi connectivity index (χ0n) is 16.1. The number of nitro groups is 1. The van der Waals surface area contributed by atoms with E-state index in [-0.39, 0.29) is 17.0 Å². The first-order valence-corrected chi connectivity index (χ1v) is 9.66. The monoisotopic (exact) mass is 395 g/mol. The molecular weight excluding hydrogens is 374 g/mol. The maximum Gasteiger partial charge on any atom is 0.272 e. The molecule has 0 aliphatic rings. The number of rotatable bonds is 4. The Bertz CT molecular complexity index is 1030. The second-order valence-electron chi connectivity index (χ2n) is 7.58. The zero-order chi connectivity index (χ0) is 20.5. The maximum atomic E-state index is 12.4. The molecule has 3 aromatic rings. The summed E-state index contributed by atoms with van der Waals surface area (Å²) in [7, 11) is 0. The Morgan fingerprint density at radius 3 is 2.39 bits per heavy atom. The summed E-state index contributed by atoms with van der Waals surface area (Å²) in [5, 5.41) is 16.0. The van der Waals surface area contributed by atoms with Crippen LogP contribution in [-0.4, -0.2) is 15.8 Å². The minimum Gasteiger partial charge on any atom is -0.298 e. The number of amides is 1. The molecule has 0 saturated carbocycles. The van der Waals surface area contributed by atoms with Gasteiger partial charge in [0, 0.05) is 28.1 Å². The van der Waals surface area contributed by atoms with E-state index in [1.54, 1.807) is 6.92 Å². The van der Waals surface area contributed by atoms with Gasteiger partial charge in [0.2, 0.25) is 0 Å². The quantitative estimate of drug-likeness (QED) is 0.462. The lowest BCUT2D eigenvalue weighted by Gasteiger charge is -2.18. The molecule has 3 rings (SSSR count). The predicted octanol–water partition coefficient (Wildman–Crippen LogP) is 5.58. The molecule has 0 aliphatic carbocycles. The molecule has 1 heterocycles. The normalized spacial score (nSPS) is 11.3. The van der Waals surface area contributed by atoms with Crippen LogP contribution < -0.4 is 5.32 Å². The molecule has 0 atom stereocenters. The van der Waals surface area contributed by atoms with Gasteiger partial charge in [-0.05, 0) is 30.0 Å². The SMILES string of the molecule is Cc1cc(C(=O)Nc2nc(-c3ccc(C(C)(C)C)cc3)cs2)ccc1[N+](=O)[O-]. The summed E-state index contributed by atoms with van der Waals surface area (Å²) in [6.45, 7) is 8.10. The number of benzene rings is 2. The van der Waals surface area contributed by atoms with E-state index in [1.807, 2.05) is 17.5 Å². The van der Waals surface area contributed by atoms with Crippen molar-refractivity contribution in [2.24, 2.45) is 0 Å². The molecule has 0 radical (unpaired) electrons. The number of nitrogens with zero attached hydrogens (tertiary/aromatic N) is 2. The number of aromatic nitrogens is 1. The van der Waals surface area contributed by atoms with Crippen molar-refractivity contribution >= 4 is 28.1 Å². The van der Waals surface area contributed by atoms with Crippen molar-refractivity contribution in [2.75, 3.05) is 5.32 Å². The minimum atomic E-state index is -0.463. The molecule has 1 amide bonds. The van der Waals surface area contributed by atoms with Crippen molar-refractivity contribution in [1.29, 1.82) is 0 Å². The predicted molar refractivity (Wildman–Crippen MR) is 112 cm³/mol. The van der Waals surface area contributed by atoms with E-state index in [4.69, 9.17) is 0 Å². The summed E-state index contributed by atoms with van der Waals surface area (Å²) in [6.07, 6.45) is 0. The Morgan fingerprint density at radius 2 is 1.82 bits per heavy atom. The number of thiazole rings is 1. The molecule has 28 heavy (non-hydrogen) atoms. The van der Waals surface area contributed by atoms with Gasteiger partial charge in [0.1, 0.15) is 0 Å². The molecule has 0 aliphatic heterocycles. The second-order valence-corrected chi connectivity index (χ2v) is 8.44. The van der Waals surface area contributed by atoms with Gasteiger partial charge in [-0.15, -0.1) is 11.3 Å². The summed E-state index contributed by atoms with van der Waals surface area (Å²) in [6, 6.07) is 12.5. The van der Waals surface area contributed by atoms with E-state index in [1.165, 1.54) is 35.1 Å². The van der Waals surface area contributed by atoms with Crippen LogP contribution in [0.2, 0.25) is 0 Å². The summed E-state index contributed by atoms with van der Waals surface area (Å²) in [5.41, 5.74) is 3.89. The van der Waals surface area contributed by atoms with Crippen LogP contribution >= 0.6 is 11.3 Å². The van der Waals surface area contributed by atoms with Gasteiger partial charge >= 0.3 is 0 Å². The average molecular weight is 395 g/mol. The van der Waals surface area contributed by atoms with Crippen molar-refractivity contribution in [3.63, 3.8) is 0 Å². The molecule has 0 spiro atoms. The van der Waals surface area contributed by atoms with Crippen LogP contribution in [0.5, 0.6) is 0 Å². The first kappa shape index (κ1) is 19.7. The largest absolute Gasteiger partial charge is 0.298 e. The highest BCUT2D eigenvalue weighted by Gasteiger charge is 2.16.